The minimum absolute atomic E-state index is 0.0422. The highest BCUT2D eigenvalue weighted by atomic mass is 19.1. The molecule has 1 aliphatic heterocycles. The molecule has 9 heteroatoms. The number of halogens is 1. The summed E-state index contributed by atoms with van der Waals surface area (Å²) in [5, 5.41) is 5.08. The summed E-state index contributed by atoms with van der Waals surface area (Å²) >= 11 is 0. The Morgan fingerprint density at radius 1 is 1.05 bits per heavy atom. The predicted octanol–water partition coefficient (Wildman–Crippen LogP) is 6.97. The van der Waals surface area contributed by atoms with Crippen LogP contribution in [-0.2, 0) is 0 Å². The van der Waals surface area contributed by atoms with Crippen molar-refractivity contribution in [3.8, 4) is 22.9 Å². The number of hydrogen-bond donors (Lipinski definition) is 2. The molecule has 3 aromatic carbocycles. The molecule has 0 unspecified atom stereocenters. The van der Waals surface area contributed by atoms with Gasteiger partial charge in [0.05, 0.1) is 23.1 Å². The van der Waals surface area contributed by atoms with Crippen molar-refractivity contribution in [3.63, 3.8) is 0 Å². The average molecular weight is 582 g/mol. The van der Waals surface area contributed by atoms with Gasteiger partial charge in [-0.2, -0.15) is 5.10 Å². The Hall–Kier alpha value is -4.63. The number of likely N-dealkylation sites (tertiary alicyclic amines) is 1. The van der Waals surface area contributed by atoms with Crippen LogP contribution >= 0.6 is 0 Å². The van der Waals surface area contributed by atoms with Crippen molar-refractivity contribution in [1.82, 2.24) is 19.7 Å². The maximum absolute atomic E-state index is 15.0. The Kier molecular flexibility index (Phi) is 7.66. The van der Waals surface area contributed by atoms with Crippen LogP contribution < -0.4 is 15.2 Å². The van der Waals surface area contributed by atoms with E-state index in [1.54, 1.807) is 12.1 Å². The van der Waals surface area contributed by atoms with E-state index in [1.165, 1.54) is 16.9 Å². The second kappa shape index (κ2) is 11.6. The van der Waals surface area contributed by atoms with Crippen molar-refractivity contribution >= 4 is 22.5 Å². The molecule has 0 spiro atoms. The number of piperidine rings is 1. The number of nitrogens with zero attached hydrogens (tertiary/aromatic N) is 3. The van der Waals surface area contributed by atoms with Crippen molar-refractivity contribution in [3.05, 3.63) is 95.1 Å². The zero-order valence-electron chi connectivity index (χ0n) is 24.9. The first-order chi connectivity index (χ1) is 20.7. The summed E-state index contributed by atoms with van der Waals surface area (Å²) < 4.78 is 28.6. The van der Waals surface area contributed by atoms with Crippen LogP contribution in [0.25, 0.3) is 16.6 Å². The third-order valence-electron chi connectivity index (χ3n) is 8.09. The van der Waals surface area contributed by atoms with Gasteiger partial charge in [0, 0.05) is 36.1 Å². The molecule has 1 saturated heterocycles. The van der Waals surface area contributed by atoms with Crippen molar-refractivity contribution in [1.29, 1.82) is 0 Å². The van der Waals surface area contributed by atoms with Crippen molar-refractivity contribution < 1.29 is 18.7 Å². The van der Waals surface area contributed by atoms with E-state index in [2.05, 4.69) is 28.8 Å². The molecule has 1 aliphatic rings. The molecule has 3 N–H and O–H groups in total. The van der Waals surface area contributed by atoms with Crippen LogP contribution in [0.2, 0.25) is 0 Å². The zero-order valence-corrected chi connectivity index (χ0v) is 24.9. The number of benzene rings is 3. The lowest BCUT2D eigenvalue weighted by Crippen LogP contribution is -2.41. The van der Waals surface area contributed by atoms with Crippen LogP contribution in [-0.4, -0.2) is 50.7 Å². The van der Waals surface area contributed by atoms with Crippen LogP contribution in [0, 0.1) is 19.7 Å². The molecule has 1 fully saturated rings. The molecule has 5 aromatic rings. The summed E-state index contributed by atoms with van der Waals surface area (Å²) in [5.74, 6) is 1.08. The van der Waals surface area contributed by atoms with Gasteiger partial charge in [-0.05, 0) is 94.1 Å². The van der Waals surface area contributed by atoms with E-state index in [4.69, 9.17) is 15.2 Å². The highest BCUT2D eigenvalue weighted by Crippen LogP contribution is 2.31. The van der Waals surface area contributed by atoms with Crippen LogP contribution in [0.4, 0.5) is 10.2 Å². The predicted molar refractivity (Wildman–Crippen MR) is 166 cm³/mol. The lowest BCUT2D eigenvalue weighted by Gasteiger charge is -2.34. The molecular weight excluding hydrogens is 545 g/mol. The number of fused-ring (bicyclic) bond motifs is 1. The number of nitrogen functional groups attached to an aromatic ring is 1. The molecule has 43 heavy (non-hydrogen) atoms. The maximum atomic E-state index is 15.0. The molecule has 6 rings (SSSR count). The van der Waals surface area contributed by atoms with E-state index in [0.717, 1.165) is 42.8 Å². The first-order valence-corrected chi connectivity index (χ1v) is 14.6. The second-order valence-corrected chi connectivity index (χ2v) is 11.6. The standard InChI is InChI=1S/C34H36FN5O3/c1-20(2)39-12-10-25(11-13-39)42-32-17-23-16-30(38-29(23)18-28(32)35)33(41)27-19-37-40(34(27)36)24-8-9-31(22(4)15-24)43-26-7-5-6-21(3)14-26/h5-9,14-20,25,38H,10-13,36H2,1-4H3. The zero-order chi connectivity index (χ0) is 30.2. The molecular formula is C34H36FN5O3. The number of ketones is 1. The minimum Gasteiger partial charge on any atom is -0.487 e. The maximum Gasteiger partial charge on any atom is 0.214 e. The SMILES string of the molecule is Cc1cccc(Oc2ccc(-n3ncc(C(=O)c4cc5cc(OC6CCN(C(C)C)CC6)c(F)cc5[nH]4)c3N)cc2C)c1. The smallest absolute Gasteiger partial charge is 0.214 e. The third kappa shape index (κ3) is 5.85. The molecule has 2 aromatic heterocycles. The number of aromatic amines is 1. The van der Waals surface area contributed by atoms with Gasteiger partial charge in [0.15, 0.2) is 11.6 Å². The average Bonchev–Trinajstić information content (AvgIpc) is 3.57. The fourth-order valence-electron chi connectivity index (χ4n) is 5.60. The van der Waals surface area contributed by atoms with Gasteiger partial charge in [0.25, 0.3) is 0 Å². The Balaban J connectivity index is 1.19. The highest BCUT2D eigenvalue weighted by molar-refractivity contribution is 6.12. The van der Waals surface area contributed by atoms with Crippen LogP contribution in [0.15, 0.2) is 66.9 Å². The molecule has 0 saturated carbocycles. The Morgan fingerprint density at radius 3 is 2.56 bits per heavy atom. The van der Waals surface area contributed by atoms with Gasteiger partial charge in [0.2, 0.25) is 5.78 Å². The van der Waals surface area contributed by atoms with Crippen LogP contribution in [0.5, 0.6) is 17.2 Å². The number of aryl methyl sites for hydroxylation is 2. The fraction of sp³-hybridized carbons (Fsp3) is 0.294. The minimum atomic E-state index is -0.461. The Bertz CT molecular complexity index is 1800. The van der Waals surface area contributed by atoms with Gasteiger partial charge in [-0.25, -0.2) is 9.07 Å². The number of rotatable bonds is 8. The summed E-state index contributed by atoms with van der Waals surface area (Å²) in [6.45, 7) is 10.2. The third-order valence-corrected chi connectivity index (χ3v) is 8.09. The van der Waals surface area contributed by atoms with E-state index in [0.29, 0.717) is 34.1 Å². The molecule has 3 heterocycles. The van der Waals surface area contributed by atoms with Crippen LogP contribution in [0.1, 0.15) is 53.9 Å². The normalized spacial score (nSPS) is 14.5. The quantitative estimate of drug-likeness (QED) is 0.192. The molecule has 0 amide bonds. The molecule has 0 radical (unpaired) electrons. The summed E-state index contributed by atoms with van der Waals surface area (Å²) in [5.41, 5.74) is 10.2. The number of ether oxygens (including phenoxy) is 2. The van der Waals surface area contributed by atoms with Crippen molar-refractivity contribution in [2.45, 2.75) is 52.7 Å². The van der Waals surface area contributed by atoms with Gasteiger partial charge >= 0.3 is 0 Å². The van der Waals surface area contributed by atoms with E-state index >= 15 is 0 Å². The van der Waals surface area contributed by atoms with Gasteiger partial charge in [-0.1, -0.05) is 12.1 Å². The monoisotopic (exact) mass is 581 g/mol. The van der Waals surface area contributed by atoms with E-state index in [9.17, 15) is 9.18 Å². The van der Waals surface area contributed by atoms with Crippen LogP contribution in [0.3, 0.4) is 0 Å². The Morgan fingerprint density at radius 2 is 1.84 bits per heavy atom. The number of hydrogen-bond acceptors (Lipinski definition) is 6. The van der Waals surface area contributed by atoms with Gasteiger partial charge in [-0.3, -0.25) is 4.79 Å². The van der Waals surface area contributed by atoms with Crippen molar-refractivity contribution in [2.75, 3.05) is 18.8 Å². The number of H-pyrrole nitrogens is 1. The van der Waals surface area contributed by atoms with E-state index in [-0.39, 0.29) is 29.0 Å². The number of nitrogens with one attached hydrogen (secondary N) is 1. The molecule has 0 aliphatic carbocycles. The molecule has 0 bridgehead atoms. The topological polar surface area (TPSA) is 98.4 Å². The second-order valence-electron chi connectivity index (χ2n) is 11.6. The van der Waals surface area contributed by atoms with Gasteiger partial charge in [-0.15, -0.1) is 0 Å². The number of nitrogens with two attached hydrogens (primary N) is 1. The highest BCUT2D eigenvalue weighted by Gasteiger charge is 2.24. The first-order valence-electron chi connectivity index (χ1n) is 14.6. The lowest BCUT2D eigenvalue weighted by molar-refractivity contribution is 0.0817. The number of aromatic nitrogens is 3. The van der Waals surface area contributed by atoms with E-state index < -0.39 is 5.82 Å². The lowest BCUT2D eigenvalue weighted by atomic mass is 10.1. The molecule has 222 valence electrons. The van der Waals surface area contributed by atoms with Gasteiger partial charge in [0.1, 0.15) is 23.4 Å². The summed E-state index contributed by atoms with van der Waals surface area (Å²) in [4.78, 5) is 18.9. The molecule has 0 atom stereocenters. The molecule has 8 nitrogen and oxygen atoms in total. The fourth-order valence-corrected chi connectivity index (χ4v) is 5.60. The van der Waals surface area contributed by atoms with E-state index in [1.807, 2.05) is 56.3 Å². The Labute approximate surface area is 250 Å². The summed E-state index contributed by atoms with van der Waals surface area (Å²) in [7, 11) is 0. The number of anilines is 1. The number of carbonyl (C=O) groups excluding carboxylic acids is 1. The summed E-state index contributed by atoms with van der Waals surface area (Å²) in [6.07, 6.45) is 3.10. The largest absolute Gasteiger partial charge is 0.487 e. The van der Waals surface area contributed by atoms with Gasteiger partial charge < -0.3 is 25.1 Å². The number of carbonyl (C=O) groups is 1. The van der Waals surface area contributed by atoms with Crippen molar-refractivity contribution in [2.24, 2.45) is 0 Å². The first kappa shape index (κ1) is 28.5. The summed E-state index contributed by atoms with van der Waals surface area (Å²) in [6, 6.07) is 18.7.